The highest BCUT2D eigenvalue weighted by atomic mass is 32.1. The number of rotatable bonds is 4. The lowest BCUT2D eigenvalue weighted by molar-refractivity contribution is 0.101. The van der Waals surface area contributed by atoms with Crippen LogP contribution in [0.2, 0.25) is 0 Å². The molecule has 2 aromatic heterocycles. The molecule has 0 radical (unpaired) electrons. The number of aryl methyl sites for hydroxylation is 1. The van der Waals surface area contributed by atoms with Crippen LogP contribution in [0.1, 0.15) is 21.1 Å². The van der Waals surface area contributed by atoms with Crippen molar-refractivity contribution < 1.29 is 4.79 Å². The molecular formula is C18H15N5OS. The van der Waals surface area contributed by atoms with Gasteiger partial charge in [0.25, 0.3) is 5.91 Å². The second-order valence-corrected chi connectivity index (χ2v) is 6.76. The number of hydrogen-bond donors (Lipinski definition) is 1. The number of carbonyl (C=O) groups excluding carboxylic acids is 1. The zero-order valence-electron chi connectivity index (χ0n) is 13.5. The molecule has 124 valence electrons. The van der Waals surface area contributed by atoms with Gasteiger partial charge < -0.3 is 5.32 Å². The summed E-state index contributed by atoms with van der Waals surface area (Å²) < 4.78 is 2.64. The molecule has 1 amide bonds. The first-order chi connectivity index (χ1) is 12.2. The molecule has 4 aromatic rings. The van der Waals surface area contributed by atoms with Gasteiger partial charge in [0.15, 0.2) is 0 Å². The van der Waals surface area contributed by atoms with Gasteiger partial charge in [0.05, 0.1) is 21.4 Å². The van der Waals surface area contributed by atoms with Crippen LogP contribution in [-0.2, 0) is 13.5 Å². The van der Waals surface area contributed by atoms with E-state index in [4.69, 9.17) is 0 Å². The number of nitrogens with one attached hydrogen (secondary N) is 1. The summed E-state index contributed by atoms with van der Waals surface area (Å²) in [6.07, 6.45) is 2.22. The van der Waals surface area contributed by atoms with E-state index in [2.05, 4.69) is 26.7 Å². The molecule has 0 unspecified atom stereocenters. The van der Waals surface area contributed by atoms with Crippen LogP contribution in [0.3, 0.4) is 0 Å². The summed E-state index contributed by atoms with van der Waals surface area (Å²) in [6.45, 7) is 0. The van der Waals surface area contributed by atoms with Crippen molar-refractivity contribution in [3.8, 4) is 0 Å². The maximum Gasteiger partial charge on any atom is 0.275 e. The van der Waals surface area contributed by atoms with Gasteiger partial charge in [-0.2, -0.15) is 0 Å². The first-order valence-electron chi connectivity index (χ1n) is 7.78. The standard InChI is InChI=1S/C18H15N5OS/c1-23-15(11-19-22-23)18(24)20-13-8-6-12(7-9-13)10-17-21-14-4-2-3-5-16(14)25-17/h2-9,11H,10H2,1H3,(H,20,24). The average Bonchev–Trinajstić information content (AvgIpc) is 3.22. The van der Waals surface area contributed by atoms with E-state index >= 15 is 0 Å². The van der Waals surface area contributed by atoms with Gasteiger partial charge in [-0.25, -0.2) is 9.67 Å². The van der Waals surface area contributed by atoms with Crippen LogP contribution in [0.5, 0.6) is 0 Å². The van der Waals surface area contributed by atoms with Crippen LogP contribution in [0.15, 0.2) is 54.7 Å². The van der Waals surface area contributed by atoms with Gasteiger partial charge in [-0.15, -0.1) is 16.4 Å². The van der Waals surface area contributed by atoms with Crippen molar-refractivity contribution in [2.24, 2.45) is 7.05 Å². The molecule has 0 aliphatic heterocycles. The number of anilines is 1. The zero-order valence-corrected chi connectivity index (χ0v) is 14.3. The maximum atomic E-state index is 12.2. The van der Waals surface area contributed by atoms with Crippen molar-refractivity contribution >= 4 is 33.1 Å². The summed E-state index contributed by atoms with van der Waals surface area (Å²) in [5.74, 6) is -0.230. The first kappa shape index (κ1) is 15.5. The Labute approximate surface area is 148 Å². The van der Waals surface area contributed by atoms with Crippen LogP contribution in [0.25, 0.3) is 10.2 Å². The number of para-hydroxylation sites is 1. The Bertz CT molecular complexity index is 1000. The predicted octanol–water partition coefficient (Wildman–Crippen LogP) is 3.27. The highest BCUT2D eigenvalue weighted by Crippen LogP contribution is 2.24. The molecule has 4 rings (SSSR count). The Morgan fingerprint density at radius 1 is 1.16 bits per heavy atom. The SMILES string of the molecule is Cn1nncc1C(=O)Nc1ccc(Cc2nc3ccccc3s2)cc1. The Morgan fingerprint density at radius 2 is 1.96 bits per heavy atom. The largest absolute Gasteiger partial charge is 0.321 e. The summed E-state index contributed by atoms with van der Waals surface area (Å²) in [5.41, 5.74) is 3.34. The van der Waals surface area contributed by atoms with Crippen molar-refractivity contribution in [2.75, 3.05) is 5.32 Å². The van der Waals surface area contributed by atoms with E-state index in [1.54, 1.807) is 18.4 Å². The van der Waals surface area contributed by atoms with Crippen molar-refractivity contribution in [3.05, 3.63) is 71.0 Å². The van der Waals surface area contributed by atoms with E-state index in [0.29, 0.717) is 5.69 Å². The molecule has 2 heterocycles. The van der Waals surface area contributed by atoms with Crippen LogP contribution in [-0.4, -0.2) is 25.9 Å². The van der Waals surface area contributed by atoms with E-state index in [1.165, 1.54) is 15.6 Å². The number of carbonyl (C=O) groups is 1. The molecule has 6 nitrogen and oxygen atoms in total. The summed E-state index contributed by atoms with van der Waals surface area (Å²) in [5, 5.41) is 11.4. The van der Waals surface area contributed by atoms with E-state index in [1.807, 2.05) is 42.5 Å². The van der Waals surface area contributed by atoms with Crippen molar-refractivity contribution in [1.29, 1.82) is 0 Å². The quantitative estimate of drug-likeness (QED) is 0.614. The Morgan fingerprint density at radius 3 is 2.68 bits per heavy atom. The van der Waals surface area contributed by atoms with Crippen molar-refractivity contribution in [2.45, 2.75) is 6.42 Å². The zero-order chi connectivity index (χ0) is 17.2. The minimum Gasteiger partial charge on any atom is -0.321 e. The predicted molar refractivity (Wildman–Crippen MR) is 97.8 cm³/mol. The fraction of sp³-hybridized carbons (Fsp3) is 0.111. The highest BCUT2D eigenvalue weighted by molar-refractivity contribution is 7.18. The molecule has 25 heavy (non-hydrogen) atoms. The summed E-state index contributed by atoms with van der Waals surface area (Å²) in [4.78, 5) is 16.8. The molecule has 0 saturated heterocycles. The van der Waals surface area contributed by atoms with Gasteiger partial charge in [-0.3, -0.25) is 4.79 Å². The van der Waals surface area contributed by atoms with E-state index < -0.39 is 0 Å². The van der Waals surface area contributed by atoms with E-state index in [9.17, 15) is 4.79 Å². The maximum absolute atomic E-state index is 12.2. The third-order valence-corrected chi connectivity index (χ3v) is 4.89. The molecule has 0 saturated carbocycles. The van der Waals surface area contributed by atoms with Gasteiger partial charge >= 0.3 is 0 Å². The van der Waals surface area contributed by atoms with Gasteiger partial charge in [0.1, 0.15) is 5.69 Å². The molecule has 0 aliphatic rings. The van der Waals surface area contributed by atoms with Crippen LogP contribution in [0, 0.1) is 0 Å². The molecular weight excluding hydrogens is 334 g/mol. The van der Waals surface area contributed by atoms with Gasteiger partial charge in [0, 0.05) is 19.2 Å². The van der Waals surface area contributed by atoms with Gasteiger partial charge in [0.2, 0.25) is 0 Å². The number of thiazole rings is 1. The Kier molecular flexibility index (Phi) is 3.99. The normalized spacial score (nSPS) is 10.9. The molecule has 0 spiro atoms. The fourth-order valence-electron chi connectivity index (χ4n) is 2.57. The molecule has 7 heteroatoms. The lowest BCUT2D eigenvalue weighted by atomic mass is 10.1. The molecule has 0 fully saturated rings. The second kappa shape index (κ2) is 6.45. The van der Waals surface area contributed by atoms with Gasteiger partial charge in [-0.1, -0.05) is 29.5 Å². The molecule has 0 aliphatic carbocycles. The topological polar surface area (TPSA) is 72.7 Å². The van der Waals surface area contributed by atoms with Crippen LogP contribution >= 0.6 is 11.3 Å². The number of amides is 1. The number of benzene rings is 2. The van der Waals surface area contributed by atoms with Crippen molar-refractivity contribution in [1.82, 2.24) is 20.0 Å². The lowest BCUT2D eigenvalue weighted by Gasteiger charge is -2.06. The monoisotopic (exact) mass is 349 g/mol. The molecule has 1 N–H and O–H groups in total. The highest BCUT2D eigenvalue weighted by Gasteiger charge is 2.11. The molecule has 0 bridgehead atoms. The third kappa shape index (κ3) is 3.27. The van der Waals surface area contributed by atoms with Crippen LogP contribution in [0.4, 0.5) is 5.69 Å². The van der Waals surface area contributed by atoms with E-state index in [0.717, 1.165) is 28.2 Å². The number of hydrogen-bond acceptors (Lipinski definition) is 5. The number of aromatic nitrogens is 4. The number of fused-ring (bicyclic) bond motifs is 1. The second-order valence-electron chi connectivity index (χ2n) is 5.65. The van der Waals surface area contributed by atoms with Gasteiger partial charge in [-0.05, 0) is 29.8 Å². The third-order valence-electron chi connectivity index (χ3n) is 3.85. The minimum atomic E-state index is -0.230. The van der Waals surface area contributed by atoms with E-state index in [-0.39, 0.29) is 5.91 Å². The molecule has 2 aromatic carbocycles. The summed E-state index contributed by atoms with van der Waals surface area (Å²) in [6, 6.07) is 15.9. The summed E-state index contributed by atoms with van der Waals surface area (Å²) in [7, 11) is 1.68. The average molecular weight is 349 g/mol. The smallest absolute Gasteiger partial charge is 0.275 e. The number of nitrogens with zero attached hydrogens (tertiary/aromatic N) is 4. The minimum absolute atomic E-state index is 0.230. The lowest BCUT2D eigenvalue weighted by Crippen LogP contribution is -2.16. The molecule has 0 atom stereocenters. The Hall–Kier alpha value is -3.06. The fourth-order valence-corrected chi connectivity index (χ4v) is 3.57. The Balaban J connectivity index is 1.46. The van der Waals surface area contributed by atoms with Crippen LogP contribution < -0.4 is 5.32 Å². The summed E-state index contributed by atoms with van der Waals surface area (Å²) >= 11 is 1.71. The van der Waals surface area contributed by atoms with Crippen molar-refractivity contribution in [3.63, 3.8) is 0 Å². The first-order valence-corrected chi connectivity index (χ1v) is 8.60.